The van der Waals surface area contributed by atoms with E-state index in [-0.39, 0.29) is 11.9 Å². The van der Waals surface area contributed by atoms with Crippen LogP contribution in [0.5, 0.6) is 0 Å². The van der Waals surface area contributed by atoms with Crippen molar-refractivity contribution in [1.82, 2.24) is 5.32 Å². The maximum atomic E-state index is 10.5. The average Bonchev–Trinajstić information content (AvgIpc) is 2.02. The molecule has 0 heterocycles. The van der Waals surface area contributed by atoms with Crippen LogP contribution in [0.1, 0.15) is 39.5 Å². The molecule has 0 unspecified atom stereocenters. The number of hydrogen-bond donors (Lipinski definition) is 2. The Kier molecular flexibility index (Phi) is 6.96. The number of nitrogens with zero attached hydrogens (tertiary/aromatic N) is 1. The second kappa shape index (κ2) is 7.58. The zero-order valence-electron chi connectivity index (χ0n) is 8.47. The monoisotopic (exact) mass is 185 g/mol. The van der Waals surface area contributed by atoms with Crippen molar-refractivity contribution in [3.8, 4) is 0 Å². The highest BCUT2D eigenvalue weighted by molar-refractivity contribution is 5.94. The fourth-order valence-corrected chi connectivity index (χ4v) is 0.958. The molecule has 0 aliphatic rings. The summed E-state index contributed by atoms with van der Waals surface area (Å²) in [6.45, 7) is 4.28. The normalized spacial score (nSPS) is 11.4. The highest BCUT2D eigenvalue weighted by Crippen LogP contribution is 1.98. The second-order valence-electron chi connectivity index (χ2n) is 3.01. The molecule has 0 aliphatic heterocycles. The Hall–Kier alpha value is -1.06. The molecule has 13 heavy (non-hydrogen) atoms. The molecule has 0 radical (unpaired) electrons. The largest absolute Gasteiger partial charge is 0.370 e. The van der Waals surface area contributed by atoms with Crippen molar-refractivity contribution in [2.45, 2.75) is 39.5 Å². The van der Waals surface area contributed by atoms with Crippen molar-refractivity contribution in [3.05, 3.63) is 0 Å². The molecule has 0 fully saturated rings. The van der Waals surface area contributed by atoms with Crippen LogP contribution in [-0.2, 0) is 4.79 Å². The first-order valence-electron chi connectivity index (χ1n) is 4.74. The first kappa shape index (κ1) is 11.9. The van der Waals surface area contributed by atoms with Crippen LogP contribution in [0.2, 0.25) is 0 Å². The third-order valence-electron chi connectivity index (χ3n) is 1.60. The van der Waals surface area contributed by atoms with Gasteiger partial charge in [0.25, 0.3) is 0 Å². The predicted octanol–water partition coefficient (Wildman–Crippen LogP) is 1.02. The molecule has 0 spiro atoms. The molecule has 0 bridgehead atoms. The lowest BCUT2D eigenvalue weighted by molar-refractivity contribution is -0.117. The third-order valence-corrected chi connectivity index (χ3v) is 1.60. The molecule has 0 saturated carbocycles. The van der Waals surface area contributed by atoms with Crippen LogP contribution < -0.4 is 11.1 Å². The Balaban J connectivity index is 3.42. The number of amides is 1. The predicted molar refractivity (Wildman–Crippen MR) is 54.4 cm³/mol. The van der Waals surface area contributed by atoms with Crippen molar-refractivity contribution in [1.29, 1.82) is 0 Å². The van der Waals surface area contributed by atoms with Crippen molar-refractivity contribution in [3.63, 3.8) is 0 Å². The lowest BCUT2D eigenvalue weighted by Crippen LogP contribution is -2.35. The second-order valence-corrected chi connectivity index (χ2v) is 3.01. The molecular weight excluding hydrogens is 166 g/mol. The quantitative estimate of drug-likeness (QED) is 0.381. The topological polar surface area (TPSA) is 67.5 Å². The van der Waals surface area contributed by atoms with E-state index in [1.807, 2.05) is 0 Å². The Morgan fingerprint density at radius 1 is 1.38 bits per heavy atom. The standard InChI is InChI=1S/C9H19N3O/c1-3-4-5-6-7-11-9(10)12-8(2)13/h3-7H2,1-2H3,(H3,10,11,12,13). The van der Waals surface area contributed by atoms with E-state index in [1.54, 1.807) is 0 Å². The zero-order chi connectivity index (χ0) is 10.1. The summed E-state index contributed by atoms with van der Waals surface area (Å²) >= 11 is 0. The zero-order valence-corrected chi connectivity index (χ0v) is 8.47. The molecule has 4 nitrogen and oxygen atoms in total. The van der Waals surface area contributed by atoms with Gasteiger partial charge in [0, 0.05) is 13.5 Å². The van der Waals surface area contributed by atoms with E-state index >= 15 is 0 Å². The number of nitrogens with one attached hydrogen (secondary N) is 1. The Bertz CT molecular complexity index is 178. The highest BCUT2D eigenvalue weighted by Gasteiger charge is 1.93. The maximum Gasteiger partial charge on any atom is 0.223 e. The van der Waals surface area contributed by atoms with Crippen LogP contribution in [0, 0.1) is 0 Å². The lowest BCUT2D eigenvalue weighted by atomic mass is 10.2. The number of carbonyl (C=O) groups excluding carboxylic acids is 1. The van der Waals surface area contributed by atoms with Crippen LogP contribution in [-0.4, -0.2) is 18.4 Å². The molecule has 4 heteroatoms. The van der Waals surface area contributed by atoms with Crippen molar-refractivity contribution in [2.24, 2.45) is 10.7 Å². The van der Waals surface area contributed by atoms with E-state index in [0.29, 0.717) is 6.54 Å². The van der Waals surface area contributed by atoms with Crippen LogP contribution in [0.25, 0.3) is 0 Å². The first-order valence-corrected chi connectivity index (χ1v) is 4.74. The number of rotatable bonds is 5. The highest BCUT2D eigenvalue weighted by atomic mass is 16.1. The van der Waals surface area contributed by atoms with Gasteiger partial charge in [0.1, 0.15) is 0 Å². The Morgan fingerprint density at radius 2 is 2.08 bits per heavy atom. The summed E-state index contributed by atoms with van der Waals surface area (Å²) in [6.07, 6.45) is 4.65. The fourth-order valence-electron chi connectivity index (χ4n) is 0.958. The number of nitrogens with two attached hydrogens (primary N) is 1. The molecule has 0 aromatic carbocycles. The number of aliphatic imine (C=N–C) groups is 1. The summed E-state index contributed by atoms with van der Waals surface area (Å²) in [5.41, 5.74) is 5.41. The minimum atomic E-state index is -0.171. The molecule has 76 valence electrons. The minimum Gasteiger partial charge on any atom is -0.370 e. The van der Waals surface area contributed by atoms with Gasteiger partial charge in [-0.1, -0.05) is 26.2 Å². The molecule has 0 aromatic rings. The third kappa shape index (κ3) is 8.85. The minimum absolute atomic E-state index is 0.171. The van der Waals surface area contributed by atoms with Gasteiger partial charge in [-0.2, -0.15) is 0 Å². The van der Waals surface area contributed by atoms with Gasteiger partial charge in [-0.3, -0.25) is 15.1 Å². The smallest absolute Gasteiger partial charge is 0.223 e. The molecule has 0 aromatic heterocycles. The summed E-state index contributed by atoms with van der Waals surface area (Å²) in [6, 6.07) is 0. The number of carbonyl (C=O) groups is 1. The molecule has 0 atom stereocenters. The van der Waals surface area contributed by atoms with Gasteiger partial charge < -0.3 is 5.73 Å². The first-order chi connectivity index (χ1) is 6.16. The van der Waals surface area contributed by atoms with E-state index in [2.05, 4.69) is 17.2 Å². The van der Waals surface area contributed by atoms with Crippen LogP contribution >= 0.6 is 0 Å². The van der Waals surface area contributed by atoms with E-state index in [9.17, 15) is 4.79 Å². The molecular formula is C9H19N3O. The molecule has 3 N–H and O–H groups in total. The fraction of sp³-hybridized carbons (Fsp3) is 0.778. The van der Waals surface area contributed by atoms with Crippen LogP contribution in [0.4, 0.5) is 0 Å². The van der Waals surface area contributed by atoms with E-state index < -0.39 is 0 Å². The van der Waals surface area contributed by atoms with E-state index in [0.717, 1.165) is 6.42 Å². The van der Waals surface area contributed by atoms with Crippen molar-refractivity contribution in [2.75, 3.05) is 6.54 Å². The van der Waals surface area contributed by atoms with Crippen LogP contribution in [0.15, 0.2) is 4.99 Å². The molecule has 1 amide bonds. The van der Waals surface area contributed by atoms with Gasteiger partial charge >= 0.3 is 0 Å². The summed E-state index contributed by atoms with van der Waals surface area (Å²) < 4.78 is 0. The van der Waals surface area contributed by atoms with Gasteiger partial charge in [0.15, 0.2) is 5.96 Å². The summed E-state index contributed by atoms with van der Waals surface area (Å²) in [5, 5.41) is 2.42. The van der Waals surface area contributed by atoms with E-state index in [4.69, 9.17) is 5.73 Å². The number of guanidine groups is 1. The van der Waals surface area contributed by atoms with Gasteiger partial charge in [0.2, 0.25) is 5.91 Å². The molecule has 0 saturated heterocycles. The summed E-state index contributed by atoms with van der Waals surface area (Å²) in [4.78, 5) is 14.5. The van der Waals surface area contributed by atoms with E-state index in [1.165, 1.54) is 26.2 Å². The Morgan fingerprint density at radius 3 is 2.62 bits per heavy atom. The van der Waals surface area contributed by atoms with Gasteiger partial charge in [-0.05, 0) is 6.42 Å². The van der Waals surface area contributed by atoms with Crippen LogP contribution in [0.3, 0.4) is 0 Å². The van der Waals surface area contributed by atoms with Crippen molar-refractivity contribution < 1.29 is 4.79 Å². The van der Waals surface area contributed by atoms with Gasteiger partial charge in [-0.25, -0.2) is 0 Å². The van der Waals surface area contributed by atoms with Gasteiger partial charge in [-0.15, -0.1) is 0 Å². The maximum absolute atomic E-state index is 10.5. The summed E-state index contributed by atoms with van der Waals surface area (Å²) in [7, 11) is 0. The number of unbranched alkanes of at least 4 members (excludes halogenated alkanes) is 3. The molecule has 0 rings (SSSR count). The van der Waals surface area contributed by atoms with Crippen molar-refractivity contribution >= 4 is 11.9 Å². The van der Waals surface area contributed by atoms with Gasteiger partial charge in [0.05, 0.1) is 0 Å². The lowest BCUT2D eigenvalue weighted by Gasteiger charge is -2.00. The Labute approximate surface area is 79.6 Å². The SMILES string of the molecule is CCCCCCN=C(N)NC(C)=O. The number of hydrogen-bond acceptors (Lipinski definition) is 2. The molecule has 0 aliphatic carbocycles. The average molecular weight is 185 g/mol. The summed E-state index contributed by atoms with van der Waals surface area (Å²) in [5.74, 6) is 0.0545.